The minimum atomic E-state index is -0.237. The van der Waals surface area contributed by atoms with Gasteiger partial charge in [-0.05, 0) is 25.8 Å². The van der Waals surface area contributed by atoms with Crippen LogP contribution in [0.5, 0.6) is 0 Å². The number of aliphatic hydroxyl groups is 2. The fraction of sp³-hybridized carbons (Fsp3) is 1.00. The third-order valence-corrected chi connectivity index (χ3v) is 3.38. The SMILES string of the molecule is OC1CCN([C@H]2CCNC[C@@H]2O)CC1. The first kappa shape index (κ1) is 10.4. The highest BCUT2D eigenvalue weighted by atomic mass is 16.3. The van der Waals surface area contributed by atoms with Crippen LogP contribution in [0.2, 0.25) is 0 Å². The van der Waals surface area contributed by atoms with Crippen LogP contribution in [0.3, 0.4) is 0 Å². The van der Waals surface area contributed by atoms with E-state index in [0.717, 1.165) is 38.9 Å². The molecule has 0 amide bonds. The van der Waals surface area contributed by atoms with E-state index in [1.54, 1.807) is 0 Å². The largest absolute Gasteiger partial charge is 0.393 e. The fourth-order valence-corrected chi connectivity index (χ4v) is 2.47. The summed E-state index contributed by atoms with van der Waals surface area (Å²) >= 11 is 0. The maximum Gasteiger partial charge on any atom is 0.0819 e. The van der Waals surface area contributed by atoms with Crippen LogP contribution >= 0.6 is 0 Å². The Labute approximate surface area is 84.9 Å². The summed E-state index contributed by atoms with van der Waals surface area (Å²) in [6.45, 7) is 3.58. The molecule has 0 unspecified atom stereocenters. The minimum absolute atomic E-state index is 0.120. The van der Waals surface area contributed by atoms with Gasteiger partial charge in [0.2, 0.25) is 0 Å². The van der Waals surface area contributed by atoms with Crippen molar-refractivity contribution < 1.29 is 10.2 Å². The topological polar surface area (TPSA) is 55.7 Å². The first-order valence-electron chi connectivity index (χ1n) is 5.58. The minimum Gasteiger partial charge on any atom is -0.393 e. The Morgan fingerprint density at radius 1 is 1.07 bits per heavy atom. The number of hydrogen-bond acceptors (Lipinski definition) is 4. The molecule has 2 aliphatic heterocycles. The third kappa shape index (κ3) is 2.25. The summed E-state index contributed by atoms with van der Waals surface area (Å²) in [5.74, 6) is 0. The second-order valence-electron chi connectivity index (χ2n) is 4.39. The standard InChI is InChI=1S/C10H20N2O2/c13-8-2-5-12(6-3-8)9-1-4-11-7-10(9)14/h8-11,13-14H,1-7H2/t9-,10-/m0/s1. The third-order valence-electron chi connectivity index (χ3n) is 3.38. The lowest BCUT2D eigenvalue weighted by Gasteiger charge is -2.40. The second-order valence-corrected chi connectivity index (χ2v) is 4.39. The lowest BCUT2D eigenvalue weighted by molar-refractivity contribution is -0.00508. The van der Waals surface area contributed by atoms with Gasteiger partial charge in [-0.2, -0.15) is 0 Å². The van der Waals surface area contributed by atoms with E-state index in [1.165, 1.54) is 0 Å². The van der Waals surface area contributed by atoms with E-state index in [-0.39, 0.29) is 12.2 Å². The van der Waals surface area contributed by atoms with Crippen molar-refractivity contribution >= 4 is 0 Å². The van der Waals surface area contributed by atoms with Crippen LogP contribution in [-0.4, -0.2) is 59.5 Å². The van der Waals surface area contributed by atoms with E-state index >= 15 is 0 Å². The summed E-state index contributed by atoms with van der Waals surface area (Å²) in [7, 11) is 0. The molecule has 14 heavy (non-hydrogen) atoms. The fourth-order valence-electron chi connectivity index (χ4n) is 2.47. The predicted octanol–water partition coefficient (Wildman–Crippen LogP) is -0.834. The zero-order chi connectivity index (χ0) is 9.97. The molecule has 2 heterocycles. The van der Waals surface area contributed by atoms with Crippen LogP contribution < -0.4 is 5.32 Å². The summed E-state index contributed by atoms with van der Waals surface area (Å²) in [5, 5.41) is 22.4. The highest BCUT2D eigenvalue weighted by molar-refractivity contribution is 4.87. The van der Waals surface area contributed by atoms with Crippen molar-refractivity contribution in [3.63, 3.8) is 0 Å². The van der Waals surface area contributed by atoms with E-state index in [9.17, 15) is 10.2 Å². The zero-order valence-electron chi connectivity index (χ0n) is 8.52. The highest BCUT2D eigenvalue weighted by Crippen LogP contribution is 2.18. The van der Waals surface area contributed by atoms with Crippen molar-refractivity contribution in [3.05, 3.63) is 0 Å². The Morgan fingerprint density at radius 3 is 2.43 bits per heavy atom. The molecule has 2 fully saturated rings. The van der Waals surface area contributed by atoms with Crippen LogP contribution in [0.1, 0.15) is 19.3 Å². The lowest BCUT2D eigenvalue weighted by Crippen LogP contribution is -2.55. The quantitative estimate of drug-likeness (QED) is 0.517. The van der Waals surface area contributed by atoms with E-state index in [2.05, 4.69) is 10.2 Å². The summed E-state index contributed by atoms with van der Waals surface area (Å²) < 4.78 is 0. The number of hydrogen-bond donors (Lipinski definition) is 3. The molecule has 0 aromatic rings. The Hall–Kier alpha value is -0.160. The molecule has 4 nitrogen and oxygen atoms in total. The summed E-state index contributed by atoms with van der Waals surface area (Å²) in [4.78, 5) is 2.33. The number of nitrogens with zero attached hydrogens (tertiary/aromatic N) is 1. The van der Waals surface area contributed by atoms with E-state index in [0.29, 0.717) is 12.6 Å². The molecule has 3 N–H and O–H groups in total. The molecule has 0 aliphatic carbocycles. The summed E-state index contributed by atoms with van der Waals surface area (Å²) in [5.41, 5.74) is 0. The van der Waals surface area contributed by atoms with Crippen LogP contribution in [0.4, 0.5) is 0 Å². The smallest absolute Gasteiger partial charge is 0.0819 e. The molecule has 0 aromatic carbocycles. The zero-order valence-corrected chi connectivity index (χ0v) is 8.52. The normalized spacial score (nSPS) is 37.3. The first-order chi connectivity index (χ1) is 6.77. The van der Waals surface area contributed by atoms with E-state index in [4.69, 9.17) is 0 Å². The maximum absolute atomic E-state index is 9.82. The van der Waals surface area contributed by atoms with Gasteiger partial charge in [-0.15, -0.1) is 0 Å². The van der Waals surface area contributed by atoms with Crippen LogP contribution in [0.25, 0.3) is 0 Å². The molecule has 2 atom stereocenters. The van der Waals surface area contributed by atoms with Crippen molar-refractivity contribution in [1.82, 2.24) is 10.2 Å². The van der Waals surface area contributed by atoms with Crippen molar-refractivity contribution in [2.75, 3.05) is 26.2 Å². The highest BCUT2D eigenvalue weighted by Gasteiger charge is 2.30. The maximum atomic E-state index is 9.82. The molecule has 0 spiro atoms. The lowest BCUT2D eigenvalue weighted by atomic mass is 9.98. The molecule has 0 bridgehead atoms. The summed E-state index contributed by atoms with van der Waals surface area (Å²) in [6.07, 6.45) is 2.38. The van der Waals surface area contributed by atoms with Crippen molar-refractivity contribution in [1.29, 1.82) is 0 Å². The van der Waals surface area contributed by atoms with Gasteiger partial charge < -0.3 is 15.5 Å². The molecule has 4 heteroatoms. The van der Waals surface area contributed by atoms with Gasteiger partial charge in [0.15, 0.2) is 0 Å². The van der Waals surface area contributed by atoms with Crippen molar-refractivity contribution in [2.45, 2.75) is 37.5 Å². The van der Waals surface area contributed by atoms with Gasteiger partial charge in [-0.1, -0.05) is 0 Å². The van der Waals surface area contributed by atoms with Gasteiger partial charge in [-0.25, -0.2) is 0 Å². The van der Waals surface area contributed by atoms with Gasteiger partial charge in [0.1, 0.15) is 0 Å². The van der Waals surface area contributed by atoms with Gasteiger partial charge in [0.25, 0.3) is 0 Å². The number of rotatable bonds is 1. The van der Waals surface area contributed by atoms with E-state index < -0.39 is 0 Å². The number of β-amino-alcohol motifs (C(OH)–C–C–N with tert-alkyl or cyclic N) is 1. The molecule has 0 radical (unpaired) electrons. The predicted molar refractivity (Wildman–Crippen MR) is 54.1 cm³/mol. The van der Waals surface area contributed by atoms with Crippen LogP contribution in [-0.2, 0) is 0 Å². The van der Waals surface area contributed by atoms with Gasteiger partial charge in [-0.3, -0.25) is 4.90 Å². The first-order valence-corrected chi connectivity index (χ1v) is 5.58. The number of likely N-dealkylation sites (tertiary alicyclic amines) is 1. The van der Waals surface area contributed by atoms with Gasteiger partial charge >= 0.3 is 0 Å². The molecular weight excluding hydrogens is 180 g/mol. The molecule has 0 saturated carbocycles. The Bertz CT molecular complexity index is 181. The van der Waals surface area contributed by atoms with Crippen LogP contribution in [0, 0.1) is 0 Å². The molecular formula is C10H20N2O2. The van der Waals surface area contributed by atoms with Gasteiger partial charge in [0.05, 0.1) is 12.2 Å². The number of nitrogens with one attached hydrogen (secondary N) is 1. The molecule has 2 rings (SSSR count). The van der Waals surface area contributed by atoms with Crippen LogP contribution in [0.15, 0.2) is 0 Å². The Balaban J connectivity index is 1.87. The van der Waals surface area contributed by atoms with Crippen molar-refractivity contribution in [2.24, 2.45) is 0 Å². The molecule has 2 saturated heterocycles. The molecule has 0 aromatic heterocycles. The van der Waals surface area contributed by atoms with Crippen molar-refractivity contribution in [3.8, 4) is 0 Å². The molecule has 82 valence electrons. The number of piperidine rings is 2. The monoisotopic (exact) mass is 200 g/mol. The summed E-state index contributed by atoms with van der Waals surface area (Å²) in [6, 6.07) is 0.309. The molecule has 2 aliphatic rings. The van der Waals surface area contributed by atoms with E-state index in [1.807, 2.05) is 0 Å². The average molecular weight is 200 g/mol. The Morgan fingerprint density at radius 2 is 1.79 bits per heavy atom. The van der Waals surface area contributed by atoms with Gasteiger partial charge in [0, 0.05) is 25.7 Å². The number of aliphatic hydroxyl groups excluding tert-OH is 2. The second kappa shape index (κ2) is 4.57. The average Bonchev–Trinajstić information content (AvgIpc) is 2.20. The Kier molecular flexibility index (Phi) is 3.38.